The first-order valence-corrected chi connectivity index (χ1v) is 16.3. The molecular weight excluding hydrogens is 765 g/mol. The van der Waals surface area contributed by atoms with Crippen molar-refractivity contribution in [3.05, 3.63) is 175 Å². The summed E-state index contributed by atoms with van der Waals surface area (Å²) in [7, 11) is 0. The molecule has 0 spiro atoms. The van der Waals surface area contributed by atoms with Crippen molar-refractivity contribution in [1.82, 2.24) is 0 Å². The molecule has 5 aliphatic heterocycles. The van der Waals surface area contributed by atoms with Crippen LogP contribution in [0.5, 0.6) is 0 Å². The molecule has 8 bridgehead atoms. The second-order valence-corrected chi connectivity index (χ2v) is 12.6. The molecule has 9 heteroatoms. The Hall–Kier alpha value is -4.73. The van der Waals surface area contributed by atoms with E-state index >= 15 is 0 Å². The summed E-state index contributed by atoms with van der Waals surface area (Å²) in [5.74, 6) is -1.22. The molecule has 0 saturated heterocycles. The fourth-order valence-electron chi connectivity index (χ4n) is 6.06. The predicted molar refractivity (Wildman–Crippen MR) is 191 cm³/mol. The summed E-state index contributed by atoms with van der Waals surface area (Å²) >= 11 is 2.31. The van der Waals surface area contributed by atoms with Crippen LogP contribution in [0.1, 0.15) is 25.0 Å². The molecule has 0 unspecified atom stereocenters. The van der Waals surface area contributed by atoms with Gasteiger partial charge in [-0.1, -0.05) is 66.4 Å². The zero-order chi connectivity index (χ0) is 32.2. The van der Waals surface area contributed by atoms with Crippen molar-refractivity contribution in [2.45, 2.75) is 20.0 Å². The third-order valence-corrected chi connectivity index (χ3v) is 9.25. The topological polar surface area (TPSA) is 105 Å². The molecule has 5 heterocycles. The molecule has 0 radical (unpaired) electrons. The smallest absolute Gasteiger partial charge is 0.872 e. The van der Waals surface area contributed by atoms with Crippen LogP contribution in [0.4, 0.5) is 0 Å². The Morgan fingerprint density at radius 1 is 0.521 bits per heavy atom. The maximum Gasteiger partial charge on any atom is 2.00 e. The Morgan fingerprint density at radius 2 is 0.938 bits per heavy atom. The molecule has 0 aromatic heterocycles. The number of aliphatic imine (C=N–C) groups is 4. The summed E-state index contributed by atoms with van der Waals surface area (Å²) in [6.07, 6.45) is 15.3. The van der Waals surface area contributed by atoms with E-state index in [1.807, 2.05) is 123 Å². The third kappa shape index (κ3) is 5.41. The summed E-state index contributed by atoms with van der Waals surface area (Å²) < 4.78 is 6.82. The molecule has 8 rings (SSSR count). The summed E-state index contributed by atoms with van der Waals surface area (Å²) in [6, 6.07) is 20.0. The van der Waals surface area contributed by atoms with E-state index in [-0.39, 0.29) is 36.9 Å². The molecule has 0 amide bonds. The van der Waals surface area contributed by atoms with Crippen molar-refractivity contribution >= 4 is 56.6 Å². The van der Waals surface area contributed by atoms with E-state index in [0.717, 1.165) is 48.7 Å². The zero-order valence-corrected chi connectivity index (χ0v) is 31.2. The van der Waals surface area contributed by atoms with Gasteiger partial charge in [-0.25, -0.2) is 20.0 Å². The molecule has 6 aliphatic rings. The van der Waals surface area contributed by atoms with Crippen LogP contribution >= 0.6 is 22.6 Å². The number of halogens is 1. The number of fused-ring (bicyclic) bond motifs is 4. The Balaban J connectivity index is 0.00000364. The minimum Gasteiger partial charge on any atom is -0.872 e. The van der Waals surface area contributed by atoms with Gasteiger partial charge in [0.1, 0.15) is 5.76 Å². The molecule has 7 nitrogen and oxygen atoms in total. The third-order valence-electron chi connectivity index (χ3n) is 8.14. The Morgan fingerprint density at radius 3 is 1.46 bits per heavy atom. The average Bonchev–Trinajstić information content (AvgIpc) is 3.92. The summed E-state index contributed by atoms with van der Waals surface area (Å²) in [4.78, 5) is 20.3. The molecule has 228 valence electrons. The van der Waals surface area contributed by atoms with Gasteiger partial charge in [0.15, 0.2) is 0 Å². The van der Waals surface area contributed by atoms with Gasteiger partial charge in [-0.2, -0.15) is 0 Å². The number of nitrogens with zero attached hydrogens (tertiary/aromatic N) is 4. The van der Waals surface area contributed by atoms with Crippen molar-refractivity contribution in [3.8, 4) is 0 Å². The van der Waals surface area contributed by atoms with E-state index < -0.39 is 11.5 Å². The molecule has 0 fully saturated rings. The standard InChI is InChI=1S/C39H27IN4O3.Zn/c1-21(2)47-39-35(37(45)38(39)46)34-28-15-13-24(41-28)32(22-9-5-3-6-10-22)26-17-19-30(43-26)36(40)31-20-18-27(44-31)33(23-11-7-4-8-12-23)25-14-16-29(34)42-25;/h3-21,45-46H,1-2H3;/q;+2/p-2. The van der Waals surface area contributed by atoms with Crippen LogP contribution in [0, 0.1) is 0 Å². The normalized spacial score (nSPS) is 19.4. The van der Waals surface area contributed by atoms with E-state index in [1.54, 1.807) is 0 Å². The van der Waals surface area contributed by atoms with E-state index in [9.17, 15) is 10.2 Å². The van der Waals surface area contributed by atoms with Crippen LogP contribution in [0.3, 0.4) is 0 Å². The molecule has 48 heavy (non-hydrogen) atoms. The molecule has 0 saturated carbocycles. The number of hydrogen-bond donors (Lipinski definition) is 0. The summed E-state index contributed by atoms with van der Waals surface area (Å²) in [5, 5.41) is 26.1. The average molecular weight is 790 g/mol. The Kier molecular flexibility index (Phi) is 8.43. The first-order valence-electron chi connectivity index (χ1n) is 15.2. The van der Waals surface area contributed by atoms with Crippen molar-refractivity contribution in [2.75, 3.05) is 0 Å². The first kappa shape index (κ1) is 31.9. The van der Waals surface area contributed by atoms with Crippen molar-refractivity contribution in [3.63, 3.8) is 0 Å². The van der Waals surface area contributed by atoms with Gasteiger partial charge in [-0.15, -0.1) is 5.76 Å². The maximum atomic E-state index is 13.3. The fourth-order valence-corrected chi connectivity index (χ4v) is 6.66. The molecular formula is C39H25IN4O3Zn. The van der Waals surface area contributed by atoms with Crippen LogP contribution in [0.25, 0.3) is 11.1 Å². The van der Waals surface area contributed by atoms with Gasteiger partial charge in [0.05, 0.1) is 55.3 Å². The van der Waals surface area contributed by atoms with Crippen molar-refractivity contribution < 1.29 is 34.4 Å². The Bertz CT molecular complexity index is 2200. The van der Waals surface area contributed by atoms with E-state index in [1.165, 1.54) is 0 Å². The maximum absolute atomic E-state index is 13.3. The van der Waals surface area contributed by atoms with E-state index in [4.69, 9.17) is 24.7 Å². The van der Waals surface area contributed by atoms with Gasteiger partial charge < -0.3 is 14.9 Å². The van der Waals surface area contributed by atoms with Crippen LogP contribution in [0.15, 0.2) is 184 Å². The van der Waals surface area contributed by atoms with Crippen molar-refractivity contribution in [2.24, 2.45) is 20.0 Å². The number of ether oxygens (including phenoxy) is 1. The van der Waals surface area contributed by atoms with Gasteiger partial charge in [-0.3, -0.25) is 0 Å². The second-order valence-electron chi connectivity index (χ2n) is 11.6. The fraction of sp³-hybridized carbons (Fsp3) is 0.0769. The van der Waals surface area contributed by atoms with Gasteiger partial charge in [0.2, 0.25) is 0 Å². The second kappa shape index (κ2) is 12.7. The van der Waals surface area contributed by atoms with E-state index in [2.05, 4.69) is 22.6 Å². The van der Waals surface area contributed by atoms with E-state index in [0.29, 0.717) is 28.4 Å². The molecule has 0 N–H and O–H groups in total. The van der Waals surface area contributed by atoms with Crippen LogP contribution in [-0.2, 0) is 24.2 Å². The van der Waals surface area contributed by atoms with Gasteiger partial charge in [-0.05, 0) is 96.2 Å². The number of allylic oxidation sites excluding steroid dienone is 12. The molecule has 2 aromatic rings. The SMILES string of the molecule is CC(C)OC1=C(C2=C3C=CC(=N3)C(c3ccccc3)=C3C=CC(=N3)C(I)=C3C=CC(=N3)C(c3ccccc3)=C3C=CC2=N3)C([O-])=C1[O-].[Zn+2]. The minimum atomic E-state index is -0.646. The monoisotopic (exact) mass is 788 g/mol. The number of hydrogen-bond acceptors (Lipinski definition) is 7. The number of rotatable bonds is 5. The quantitative estimate of drug-likeness (QED) is 0.259. The zero-order valence-electron chi connectivity index (χ0n) is 26.1. The van der Waals surface area contributed by atoms with Crippen molar-refractivity contribution in [1.29, 1.82) is 0 Å². The number of benzene rings is 2. The first-order chi connectivity index (χ1) is 22.9. The van der Waals surface area contributed by atoms with Crippen LogP contribution in [0.2, 0.25) is 0 Å². The summed E-state index contributed by atoms with van der Waals surface area (Å²) in [6.45, 7) is 3.65. The van der Waals surface area contributed by atoms with Crippen LogP contribution in [-0.4, -0.2) is 29.0 Å². The van der Waals surface area contributed by atoms with Gasteiger partial charge in [0.25, 0.3) is 0 Å². The summed E-state index contributed by atoms with van der Waals surface area (Å²) in [5.41, 5.74) is 9.71. The molecule has 0 atom stereocenters. The van der Waals surface area contributed by atoms with Gasteiger partial charge in [0, 0.05) is 22.3 Å². The Labute approximate surface area is 304 Å². The minimum absolute atomic E-state index is 0. The molecule has 1 aliphatic carbocycles. The van der Waals surface area contributed by atoms with Gasteiger partial charge >= 0.3 is 19.5 Å². The predicted octanol–water partition coefficient (Wildman–Crippen LogP) is 6.39. The molecule has 2 aromatic carbocycles. The van der Waals surface area contributed by atoms with Crippen LogP contribution < -0.4 is 10.2 Å². The largest absolute Gasteiger partial charge is 2.00 e.